The number of nitro groups is 1. The molecule has 0 fully saturated rings. The van der Waals surface area contributed by atoms with E-state index in [-0.39, 0.29) is 5.69 Å². The van der Waals surface area contributed by atoms with E-state index in [1.165, 1.54) is 12.1 Å². The van der Waals surface area contributed by atoms with Gasteiger partial charge in [0.25, 0.3) is 5.69 Å². The number of hydrogen-bond acceptors (Lipinski definition) is 4. The van der Waals surface area contributed by atoms with E-state index in [0.29, 0.717) is 10.2 Å². The van der Waals surface area contributed by atoms with Gasteiger partial charge in [0.15, 0.2) is 0 Å². The predicted molar refractivity (Wildman–Crippen MR) is 62.6 cm³/mol. The Labute approximate surface area is 101 Å². The largest absolute Gasteiger partial charge is 0.488 e. The number of aliphatic hydroxyl groups is 1. The van der Waals surface area contributed by atoms with Crippen LogP contribution in [0.25, 0.3) is 0 Å². The van der Waals surface area contributed by atoms with E-state index in [1.54, 1.807) is 19.9 Å². The number of nitro benzene ring substituents is 1. The highest BCUT2D eigenvalue weighted by molar-refractivity contribution is 9.10. The van der Waals surface area contributed by atoms with Gasteiger partial charge >= 0.3 is 0 Å². The first-order valence-corrected chi connectivity index (χ1v) is 5.49. The van der Waals surface area contributed by atoms with Crippen molar-refractivity contribution in [3.63, 3.8) is 0 Å². The maximum Gasteiger partial charge on any atom is 0.274 e. The van der Waals surface area contributed by atoms with Crippen molar-refractivity contribution >= 4 is 21.6 Å². The average Bonchev–Trinajstić information content (AvgIpc) is 2.16. The average molecular weight is 290 g/mol. The van der Waals surface area contributed by atoms with E-state index < -0.39 is 17.1 Å². The van der Waals surface area contributed by atoms with Crippen LogP contribution in [-0.4, -0.2) is 22.2 Å². The molecule has 0 radical (unpaired) electrons. The molecule has 0 saturated carbocycles. The summed E-state index contributed by atoms with van der Waals surface area (Å²) in [7, 11) is 0. The number of non-ortho nitro benzene ring substituents is 1. The normalized spacial score (nSPS) is 14.2. The molecule has 2 atom stereocenters. The van der Waals surface area contributed by atoms with E-state index in [9.17, 15) is 15.2 Å². The standard InChI is InChI=1S/C10H12BrNO4/c1-6(13)7(2)16-10-4-8(11)3-9(5-10)12(14)15/h3-7,13H,1-2H3. The molecule has 1 N–H and O–H groups in total. The van der Waals surface area contributed by atoms with Crippen molar-refractivity contribution in [1.29, 1.82) is 0 Å². The number of ether oxygens (including phenoxy) is 1. The number of rotatable bonds is 4. The number of benzene rings is 1. The van der Waals surface area contributed by atoms with Crippen LogP contribution in [0.1, 0.15) is 13.8 Å². The minimum absolute atomic E-state index is 0.0535. The lowest BCUT2D eigenvalue weighted by molar-refractivity contribution is -0.385. The van der Waals surface area contributed by atoms with Gasteiger partial charge in [-0.05, 0) is 19.9 Å². The molecule has 16 heavy (non-hydrogen) atoms. The number of aliphatic hydroxyl groups excluding tert-OH is 1. The zero-order valence-electron chi connectivity index (χ0n) is 8.88. The highest BCUT2D eigenvalue weighted by Gasteiger charge is 2.14. The fourth-order valence-electron chi connectivity index (χ4n) is 1.03. The van der Waals surface area contributed by atoms with Gasteiger partial charge in [-0.2, -0.15) is 0 Å². The number of nitrogens with zero attached hydrogens (tertiary/aromatic N) is 1. The smallest absolute Gasteiger partial charge is 0.274 e. The van der Waals surface area contributed by atoms with Crippen LogP contribution in [0.4, 0.5) is 5.69 Å². The second-order valence-electron chi connectivity index (χ2n) is 3.47. The number of halogens is 1. The SMILES string of the molecule is CC(O)C(C)Oc1cc(Br)cc([N+](=O)[O-])c1. The lowest BCUT2D eigenvalue weighted by Crippen LogP contribution is -2.25. The molecule has 0 aromatic heterocycles. The maximum absolute atomic E-state index is 10.6. The van der Waals surface area contributed by atoms with Gasteiger partial charge in [0.1, 0.15) is 11.9 Å². The lowest BCUT2D eigenvalue weighted by Gasteiger charge is -2.17. The summed E-state index contributed by atoms with van der Waals surface area (Å²) in [5, 5.41) is 19.9. The van der Waals surface area contributed by atoms with E-state index in [2.05, 4.69) is 15.9 Å². The Hall–Kier alpha value is -1.14. The molecular formula is C10H12BrNO4. The molecule has 0 heterocycles. The second kappa shape index (κ2) is 5.27. The fourth-order valence-corrected chi connectivity index (χ4v) is 1.49. The summed E-state index contributed by atoms with van der Waals surface area (Å²) in [4.78, 5) is 10.1. The third-order valence-corrected chi connectivity index (χ3v) is 2.53. The van der Waals surface area contributed by atoms with Crippen LogP contribution in [0.5, 0.6) is 5.75 Å². The molecule has 0 aliphatic heterocycles. The van der Waals surface area contributed by atoms with Gasteiger partial charge in [-0.3, -0.25) is 10.1 Å². The van der Waals surface area contributed by atoms with Crippen LogP contribution in [0.2, 0.25) is 0 Å². The number of hydrogen-bond donors (Lipinski definition) is 1. The Kier molecular flexibility index (Phi) is 4.26. The summed E-state index contributed by atoms with van der Waals surface area (Å²) in [6.45, 7) is 3.29. The minimum atomic E-state index is -0.641. The molecular weight excluding hydrogens is 278 g/mol. The van der Waals surface area contributed by atoms with Crippen LogP contribution in [0.3, 0.4) is 0 Å². The van der Waals surface area contributed by atoms with Crippen molar-refractivity contribution in [2.45, 2.75) is 26.1 Å². The van der Waals surface area contributed by atoms with Crippen molar-refractivity contribution in [2.75, 3.05) is 0 Å². The molecule has 5 nitrogen and oxygen atoms in total. The Morgan fingerprint density at radius 3 is 2.56 bits per heavy atom. The highest BCUT2D eigenvalue weighted by atomic mass is 79.9. The van der Waals surface area contributed by atoms with E-state index in [0.717, 1.165) is 0 Å². The molecule has 0 saturated heterocycles. The first-order valence-electron chi connectivity index (χ1n) is 4.70. The third kappa shape index (κ3) is 3.46. The first-order chi connectivity index (χ1) is 7.40. The monoisotopic (exact) mass is 289 g/mol. The topological polar surface area (TPSA) is 72.6 Å². The van der Waals surface area contributed by atoms with Crippen molar-refractivity contribution in [2.24, 2.45) is 0 Å². The Balaban J connectivity index is 2.92. The zero-order chi connectivity index (χ0) is 12.3. The van der Waals surface area contributed by atoms with Gasteiger partial charge in [-0.25, -0.2) is 0 Å². The van der Waals surface area contributed by atoms with Crippen molar-refractivity contribution < 1.29 is 14.8 Å². The van der Waals surface area contributed by atoms with E-state index in [4.69, 9.17) is 4.74 Å². The van der Waals surface area contributed by atoms with Crippen molar-refractivity contribution in [3.8, 4) is 5.75 Å². The molecule has 88 valence electrons. The summed E-state index contributed by atoms with van der Waals surface area (Å²) in [5.41, 5.74) is -0.0535. The third-order valence-electron chi connectivity index (χ3n) is 2.07. The lowest BCUT2D eigenvalue weighted by atomic mass is 10.2. The van der Waals surface area contributed by atoms with Crippen LogP contribution >= 0.6 is 15.9 Å². The maximum atomic E-state index is 10.6. The molecule has 2 unspecified atom stereocenters. The van der Waals surface area contributed by atoms with Crippen LogP contribution in [0, 0.1) is 10.1 Å². The minimum Gasteiger partial charge on any atom is -0.488 e. The molecule has 0 aliphatic rings. The van der Waals surface area contributed by atoms with Gasteiger partial charge in [0.2, 0.25) is 0 Å². The van der Waals surface area contributed by atoms with Crippen LogP contribution < -0.4 is 4.74 Å². The highest BCUT2D eigenvalue weighted by Crippen LogP contribution is 2.27. The molecule has 0 spiro atoms. The Morgan fingerprint density at radius 2 is 2.06 bits per heavy atom. The van der Waals surface area contributed by atoms with Gasteiger partial charge in [0, 0.05) is 10.5 Å². The molecule has 6 heteroatoms. The van der Waals surface area contributed by atoms with Crippen molar-refractivity contribution in [1.82, 2.24) is 0 Å². The molecule has 0 bridgehead atoms. The summed E-state index contributed by atoms with van der Waals surface area (Å²) in [5.74, 6) is 0.356. The summed E-state index contributed by atoms with van der Waals surface area (Å²) in [6.07, 6.45) is -1.06. The van der Waals surface area contributed by atoms with Gasteiger partial charge < -0.3 is 9.84 Å². The van der Waals surface area contributed by atoms with Crippen LogP contribution in [-0.2, 0) is 0 Å². The quantitative estimate of drug-likeness (QED) is 0.683. The molecule has 1 aromatic rings. The molecule has 1 aromatic carbocycles. The summed E-state index contributed by atoms with van der Waals surface area (Å²) >= 11 is 3.16. The predicted octanol–water partition coefficient (Wildman–Crippen LogP) is 2.51. The fraction of sp³-hybridized carbons (Fsp3) is 0.400. The first kappa shape index (κ1) is 12.9. The molecule has 0 aliphatic carbocycles. The molecule has 1 rings (SSSR count). The summed E-state index contributed by atoms with van der Waals surface area (Å²) < 4.78 is 5.93. The van der Waals surface area contributed by atoms with Crippen molar-refractivity contribution in [3.05, 3.63) is 32.8 Å². The van der Waals surface area contributed by atoms with Gasteiger partial charge in [-0.1, -0.05) is 15.9 Å². The Morgan fingerprint density at radius 1 is 1.44 bits per heavy atom. The van der Waals surface area contributed by atoms with E-state index >= 15 is 0 Å². The van der Waals surface area contributed by atoms with E-state index in [1.807, 2.05) is 0 Å². The van der Waals surface area contributed by atoms with Gasteiger partial charge in [0.05, 0.1) is 17.1 Å². The second-order valence-corrected chi connectivity index (χ2v) is 4.38. The Bertz CT molecular complexity index is 394. The van der Waals surface area contributed by atoms with Gasteiger partial charge in [-0.15, -0.1) is 0 Å². The van der Waals surface area contributed by atoms with Crippen LogP contribution in [0.15, 0.2) is 22.7 Å². The summed E-state index contributed by atoms with van der Waals surface area (Å²) in [6, 6.07) is 4.33. The zero-order valence-corrected chi connectivity index (χ0v) is 10.5. The molecule has 0 amide bonds.